The maximum atomic E-state index is 9.23. The van der Waals surface area contributed by atoms with Gasteiger partial charge in [0.05, 0.1) is 0 Å². The van der Waals surface area contributed by atoms with Crippen LogP contribution in [0.15, 0.2) is 0 Å². The lowest BCUT2D eigenvalue weighted by Crippen LogP contribution is -2.29. The van der Waals surface area contributed by atoms with Crippen LogP contribution in [0.5, 0.6) is 0 Å². The molecule has 0 saturated heterocycles. The highest BCUT2D eigenvalue weighted by Crippen LogP contribution is 2.37. The third-order valence-corrected chi connectivity index (χ3v) is 3.39. The molecular weight excluding hydrogens is 188 g/mol. The summed E-state index contributed by atoms with van der Waals surface area (Å²) >= 11 is 0. The van der Waals surface area contributed by atoms with Gasteiger partial charge in [0.1, 0.15) is 0 Å². The second-order valence-corrected chi connectivity index (χ2v) is 5.08. The Morgan fingerprint density at radius 1 is 1.20 bits per heavy atom. The van der Waals surface area contributed by atoms with Crippen molar-refractivity contribution in [2.45, 2.75) is 47.0 Å². The lowest BCUT2D eigenvalue weighted by Gasteiger charge is -2.36. The fourth-order valence-corrected chi connectivity index (χ4v) is 2.61. The van der Waals surface area contributed by atoms with Crippen LogP contribution in [0.3, 0.4) is 0 Å². The van der Waals surface area contributed by atoms with E-state index < -0.39 is 0 Å². The van der Waals surface area contributed by atoms with E-state index in [1.165, 1.54) is 19.3 Å². The molecule has 1 saturated carbocycles. The van der Waals surface area contributed by atoms with Crippen LogP contribution in [0.2, 0.25) is 0 Å². The minimum absolute atomic E-state index is 0.250. The van der Waals surface area contributed by atoms with E-state index in [1.807, 2.05) is 0 Å². The summed E-state index contributed by atoms with van der Waals surface area (Å²) in [6.45, 7) is 9.19. The molecule has 1 fully saturated rings. The van der Waals surface area contributed by atoms with Gasteiger partial charge in [0, 0.05) is 13.2 Å². The molecule has 2 N–H and O–H groups in total. The predicted molar refractivity (Wildman–Crippen MR) is 64.7 cm³/mol. The number of aliphatic hydroxyl groups is 2. The van der Waals surface area contributed by atoms with E-state index in [0.29, 0.717) is 12.5 Å². The maximum absolute atomic E-state index is 9.23. The van der Waals surface area contributed by atoms with Gasteiger partial charge in [-0.1, -0.05) is 27.2 Å². The van der Waals surface area contributed by atoms with Crippen molar-refractivity contribution in [1.29, 1.82) is 0 Å². The van der Waals surface area contributed by atoms with E-state index in [0.717, 1.165) is 17.8 Å². The van der Waals surface area contributed by atoms with Gasteiger partial charge in [-0.15, -0.1) is 0 Å². The van der Waals surface area contributed by atoms with Gasteiger partial charge in [-0.25, -0.2) is 0 Å². The molecule has 1 rings (SSSR count). The lowest BCUT2D eigenvalue weighted by atomic mass is 9.70. The number of hydrogen-bond acceptors (Lipinski definition) is 2. The zero-order chi connectivity index (χ0) is 11.8. The van der Waals surface area contributed by atoms with Gasteiger partial charge < -0.3 is 10.2 Å². The fraction of sp³-hybridized carbons (Fsp3) is 1.00. The Kier molecular flexibility index (Phi) is 8.07. The number of aliphatic hydroxyl groups excluding tert-OH is 2. The molecule has 0 aromatic rings. The Bertz CT molecular complexity index is 145. The van der Waals surface area contributed by atoms with Crippen molar-refractivity contribution in [2.75, 3.05) is 13.2 Å². The average Bonchev–Trinajstić information content (AvgIpc) is 2.18. The highest BCUT2D eigenvalue weighted by Gasteiger charge is 2.29. The van der Waals surface area contributed by atoms with Crippen molar-refractivity contribution < 1.29 is 10.2 Å². The summed E-state index contributed by atoms with van der Waals surface area (Å²) in [6.07, 6.45) is 3.92. The van der Waals surface area contributed by atoms with Crippen molar-refractivity contribution in [3.05, 3.63) is 0 Å². The molecule has 0 aliphatic heterocycles. The van der Waals surface area contributed by atoms with Crippen molar-refractivity contribution in [1.82, 2.24) is 0 Å². The van der Waals surface area contributed by atoms with Crippen molar-refractivity contribution in [3.63, 3.8) is 0 Å². The molecule has 0 aromatic heterocycles. The predicted octanol–water partition coefficient (Wildman–Crippen LogP) is 2.69. The van der Waals surface area contributed by atoms with Crippen LogP contribution in [0.25, 0.3) is 0 Å². The third-order valence-electron chi connectivity index (χ3n) is 3.39. The van der Waals surface area contributed by atoms with Crippen LogP contribution in [0.4, 0.5) is 0 Å². The second-order valence-electron chi connectivity index (χ2n) is 5.08. The van der Waals surface area contributed by atoms with Crippen LogP contribution in [0.1, 0.15) is 47.0 Å². The first-order valence-corrected chi connectivity index (χ1v) is 6.28. The van der Waals surface area contributed by atoms with E-state index >= 15 is 0 Å². The molecule has 3 unspecified atom stereocenters. The Labute approximate surface area is 94.7 Å². The van der Waals surface area contributed by atoms with Gasteiger partial charge in [0.15, 0.2) is 0 Å². The molecule has 0 spiro atoms. The summed E-state index contributed by atoms with van der Waals surface area (Å²) in [6, 6.07) is 0. The highest BCUT2D eigenvalue weighted by molar-refractivity contribution is 4.79. The maximum Gasteiger partial charge on any atom is 0.0462 e. The Hall–Kier alpha value is -0.0800. The molecule has 2 heteroatoms. The van der Waals surface area contributed by atoms with Crippen LogP contribution >= 0.6 is 0 Å². The molecule has 0 aromatic carbocycles. The van der Waals surface area contributed by atoms with Gasteiger partial charge in [0.2, 0.25) is 0 Å². The standard InChI is InChI=1S/C11H22O.C2H6O/c1-8(2)11-5-4-9(3)6-10(11)7-12;1-2-3/h8-12H,4-7H2,1-3H3;3H,2H2,1H3. The monoisotopic (exact) mass is 216 g/mol. The molecule has 0 heterocycles. The van der Waals surface area contributed by atoms with E-state index in [1.54, 1.807) is 6.92 Å². The van der Waals surface area contributed by atoms with Crippen LogP contribution in [-0.4, -0.2) is 23.4 Å². The van der Waals surface area contributed by atoms with E-state index in [9.17, 15) is 5.11 Å². The smallest absolute Gasteiger partial charge is 0.0462 e. The molecule has 1 aliphatic rings. The largest absolute Gasteiger partial charge is 0.397 e. The Balaban J connectivity index is 0.000000583. The molecule has 0 bridgehead atoms. The zero-order valence-corrected chi connectivity index (χ0v) is 10.7. The SMILES string of the molecule is CC1CCC(C(C)C)C(CO)C1.CCO. The Morgan fingerprint density at radius 2 is 1.73 bits per heavy atom. The van der Waals surface area contributed by atoms with Crippen LogP contribution in [-0.2, 0) is 0 Å². The third kappa shape index (κ3) is 5.53. The van der Waals surface area contributed by atoms with Gasteiger partial charge in [-0.05, 0) is 43.4 Å². The first-order chi connectivity index (χ1) is 7.06. The number of hydrogen-bond donors (Lipinski definition) is 2. The molecule has 1 aliphatic carbocycles. The van der Waals surface area contributed by atoms with Crippen LogP contribution < -0.4 is 0 Å². The molecule has 0 radical (unpaired) electrons. The van der Waals surface area contributed by atoms with Gasteiger partial charge in [-0.2, -0.15) is 0 Å². The summed E-state index contributed by atoms with van der Waals surface area (Å²) in [5.41, 5.74) is 0. The Morgan fingerprint density at radius 3 is 2.13 bits per heavy atom. The van der Waals surface area contributed by atoms with Crippen molar-refractivity contribution in [2.24, 2.45) is 23.7 Å². The normalized spacial score (nSPS) is 31.0. The van der Waals surface area contributed by atoms with E-state index in [4.69, 9.17) is 5.11 Å². The first-order valence-electron chi connectivity index (χ1n) is 6.28. The summed E-state index contributed by atoms with van der Waals surface area (Å²) in [5.74, 6) is 2.92. The topological polar surface area (TPSA) is 40.5 Å². The fourth-order valence-electron chi connectivity index (χ4n) is 2.61. The summed E-state index contributed by atoms with van der Waals surface area (Å²) in [4.78, 5) is 0. The summed E-state index contributed by atoms with van der Waals surface area (Å²) in [7, 11) is 0. The summed E-state index contributed by atoms with van der Waals surface area (Å²) < 4.78 is 0. The molecular formula is C13H28O2. The zero-order valence-electron chi connectivity index (χ0n) is 10.7. The summed E-state index contributed by atoms with van der Waals surface area (Å²) in [5, 5.41) is 16.8. The highest BCUT2D eigenvalue weighted by atomic mass is 16.3. The minimum atomic E-state index is 0.250. The molecule has 15 heavy (non-hydrogen) atoms. The van der Waals surface area contributed by atoms with Gasteiger partial charge >= 0.3 is 0 Å². The molecule has 92 valence electrons. The van der Waals surface area contributed by atoms with Gasteiger partial charge in [-0.3, -0.25) is 0 Å². The molecule has 3 atom stereocenters. The lowest BCUT2D eigenvalue weighted by molar-refractivity contribution is 0.0834. The van der Waals surface area contributed by atoms with E-state index in [-0.39, 0.29) is 6.61 Å². The second kappa shape index (κ2) is 8.12. The first kappa shape index (κ1) is 14.9. The van der Waals surface area contributed by atoms with Crippen LogP contribution in [0, 0.1) is 23.7 Å². The number of rotatable bonds is 2. The van der Waals surface area contributed by atoms with E-state index in [2.05, 4.69) is 20.8 Å². The van der Waals surface area contributed by atoms with Crippen molar-refractivity contribution in [3.8, 4) is 0 Å². The quantitative estimate of drug-likeness (QED) is 0.745. The molecule has 2 nitrogen and oxygen atoms in total. The van der Waals surface area contributed by atoms with Crippen molar-refractivity contribution >= 4 is 0 Å². The average molecular weight is 216 g/mol. The van der Waals surface area contributed by atoms with Gasteiger partial charge in [0.25, 0.3) is 0 Å². The molecule has 0 amide bonds. The minimum Gasteiger partial charge on any atom is -0.397 e.